The molecule has 0 saturated carbocycles. The quantitative estimate of drug-likeness (QED) is 0.698. The molecule has 144 valence electrons. The lowest BCUT2D eigenvalue weighted by atomic mass is 10.2. The van der Waals surface area contributed by atoms with Gasteiger partial charge in [-0.3, -0.25) is 4.79 Å². The smallest absolute Gasteiger partial charge is 0.347 e. The van der Waals surface area contributed by atoms with Gasteiger partial charge in [0.05, 0.1) is 7.11 Å². The fourth-order valence-electron chi connectivity index (χ4n) is 2.17. The van der Waals surface area contributed by atoms with E-state index in [0.29, 0.717) is 17.3 Å². The van der Waals surface area contributed by atoms with Crippen molar-refractivity contribution in [3.63, 3.8) is 0 Å². The van der Waals surface area contributed by atoms with E-state index in [0.717, 1.165) is 11.3 Å². The number of rotatable bonds is 8. The average molecular weight is 392 g/mol. The minimum atomic E-state index is -0.938. The number of ether oxygens (including phenoxy) is 3. The van der Waals surface area contributed by atoms with Crippen LogP contribution in [0.15, 0.2) is 48.5 Å². The number of methoxy groups -OCH3 is 1. The van der Waals surface area contributed by atoms with Crippen molar-refractivity contribution in [1.82, 2.24) is 5.32 Å². The van der Waals surface area contributed by atoms with E-state index in [2.05, 4.69) is 5.32 Å². The molecule has 0 saturated heterocycles. The summed E-state index contributed by atoms with van der Waals surface area (Å²) in [5, 5.41) is 3.29. The molecule has 27 heavy (non-hydrogen) atoms. The maximum atomic E-state index is 12.1. The molecule has 7 heteroatoms. The third kappa shape index (κ3) is 6.49. The van der Waals surface area contributed by atoms with Crippen LogP contribution in [0.3, 0.4) is 0 Å². The molecular weight excluding hydrogens is 370 g/mol. The molecule has 0 spiro atoms. The fraction of sp³-hybridized carbons (Fsp3) is 0.300. The highest BCUT2D eigenvalue weighted by atomic mass is 35.5. The molecule has 0 radical (unpaired) electrons. The van der Waals surface area contributed by atoms with Crippen LogP contribution in [-0.2, 0) is 20.9 Å². The minimum absolute atomic E-state index is 0.321. The summed E-state index contributed by atoms with van der Waals surface area (Å²) < 4.78 is 15.7. The lowest BCUT2D eigenvalue weighted by Crippen LogP contribution is -2.38. The van der Waals surface area contributed by atoms with Gasteiger partial charge in [0.1, 0.15) is 11.5 Å². The van der Waals surface area contributed by atoms with Crippen molar-refractivity contribution < 1.29 is 23.8 Å². The van der Waals surface area contributed by atoms with Gasteiger partial charge in [-0.05, 0) is 55.8 Å². The second kappa shape index (κ2) is 9.83. The first-order valence-corrected chi connectivity index (χ1v) is 8.80. The standard InChI is InChI=1S/C20H22ClNO5/c1-13(19(23)22-12-15-4-8-17(25-3)9-5-15)27-20(24)14(2)26-18-10-6-16(21)7-11-18/h4-11,13-14H,12H2,1-3H3,(H,22,23)/t13-,14+/m1/s1. The first-order chi connectivity index (χ1) is 12.9. The first-order valence-electron chi connectivity index (χ1n) is 8.42. The van der Waals surface area contributed by atoms with E-state index in [-0.39, 0.29) is 0 Å². The summed E-state index contributed by atoms with van der Waals surface area (Å²) in [5.41, 5.74) is 0.905. The van der Waals surface area contributed by atoms with Gasteiger partial charge in [0.2, 0.25) is 0 Å². The number of halogens is 1. The summed E-state index contributed by atoms with van der Waals surface area (Å²) in [6.45, 7) is 3.39. The van der Waals surface area contributed by atoms with Crippen molar-refractivity contribution in [2.75, 3.05) is 7.11 Å². The highest BCUT2D eigenvalue weighted by molar-refractivity contribution is 6.30. The van der Waals surface area contributed by atoms with Crippen LogP contribution in [0.5, 0.6) is 11.5 Å². The molecule has 0 aliphatic carbocycles. The number of hydrogen-bond donors (Lipinski definition) is 1. The zero-order valence-corrected chi connectivity index (χ0v) is 16.2. The van der Waals surface area contributed by atoms with Crippen molar-refractivity contribution in [2.24, 2.45) is 0 Å². The van der Waals surface area contributed by atoms with Crippen LogP contribution in [0.25, 0.3) is 0 Å². The van der Waals surface area contributed by atoms with Crippen LogP contribution < -0.4 is 14.8 Å². The number of carbonyl (C=O) groups excluding carboxylic acids is 2. The van der Waals surface area contributed by atoms with Gasteiger partial charge in [-0.25, -0.2) is 4.79 Å². The summed E-state index contributed by atoms with van der Waals surface area (Å²) in [6, 6.07) is 13.9. The lowest BCUT2D eigenvalue weighted by molar-refractivity contribution is -0.160. The second-order valence-electron chi connectivity index (χ2n) is 5.86. The Balaban J connectivity index is 1.79. The number of carbonyl (C=O) groups is 2. The van der Waals surface area contributed by atoms with Crippen LogP contribution in [0, 0.1) is 0 Å². The molecule has 0 unspecified atom stereocenters. The van der Waals surface area contributed by atoms with Gasteiger partial charge in [-0.2, -0.15) is 0 Å². The summed E-state index contributed by atoms with van der Waals surface area (Å²) in [7, 11) is 1.59. The normalized spacial score (nSPS) is 12.6. The van der Waals surface area contributed by atoms with Gasteiger partial charge in [-0.1, -0.05) is 23.7 Å². The van der Waals surface area contributed by atoms with E-state index < -0.39 is 24.1 Å². The third-order valence-electron chi connectivity index (χ3n) is 3.75. The Bertz CT molecular complexity index is 761. The van der Waals surface area contributed by atoms with Crippen LogP contribution in [0.2, 0.25) is 5.02 Å². The third-order valence-corrected chi connectivity index (χ3v) is 4.00. The van der Waals surface area contributed by atoms with E-state index in [1.807, 2.05) is 12.1 Å². The Hall–Kier alpha value is -2.73. The van der Waals surface area contributed by atoms with Gasteiger partial charge in [0.15, 0.2) is 12.2 Å². The zero-order valence-electron chi connectivity index (χ0n) is 15.4. The van der Waals surface area contributed by atoms with Gasteiger partial charge in [0, 0.05) is 11.6 Å². The number of benzene rings is 2. The predicted molar refractivity (Wildman–Crippen MR) is 102 cm³/mol. The van der Waals surface area contributed by atoms with E-state index in [1.54, 1.807) is 50.4 Å². The Morgan fingerprint density at radius 2 is 1.56 bits per heavy atom. The number of esters is 1. The highest BCUT2D eigenvalue weighted by Crippen LogP contribution is 2.17. The molecule has 2 aromatic rings. The van der Waals surface area contributed by atoms with Crippen LogP contribution in [0.1, 0.15) is 19.4 Å². The van der Waals surface area contributed by atoms with Gasteiger partial charge < -0.3 is 19.5 Å². The molecule has 0 bridgehead atoms. The summed E-state index contributed by atoms with van der Waals surface area (Å²) in [6.07, 6.45) is -1.80. The predicted octanol–water partition coefficient (Wildman–Crippen LogP) is 3.36. The van der Waals surface area contributed by atoms with E-state index >= 15 is 0 Å². The minimum Gasteiger partial charge on any atom is -0.497 e. The van der Waals surface area contributed by atoms with E-state index in [1.165, 1.54) is 6.92 Å². The Morgan fingerprint density at radius 3 is 2.15 bits per heavy atom. The molecule has 6 nitrogen and oxygen atoms in total. The Morgan fingerprint density at radius 1 is 0.963 bits per heavy atom. The molecule has 1 amide bonds. The summed E-state index contributed by atoms with van der Waals surface area (Å²) in [5.74, 6) is 0.206. The fourth-order valence-corrected chi connectivity index (χ4v) is 2.29. The van der Waals surface area contributed by atoms with Gasteiger partial charge in [0.25, 0.3) is 5.91 Å². The van der Waals surface area contributed by atoms with Crippen LogP contribution >= 0.6 is 11.6 Å². The molecule has 0 heterocycles. The number of hydrogen-bond acceptors (Lipinski definition) is 5. The highest BCUT2D eigenvalue weighted by Gasteiger charge is 2.23. The van der Waals surface area contributed by atoms with Crippen molar-refractivity contribution in [2.45, 2.75) is 32.6 Å². The van der Waals surface area contributed by atoms with Crippen molar-refractivity contribution in [1.29, 1.82) is 0 Å². The molecule has 0 aromatic heterocycles. The SMILES string of the molecule is COc1ccc(CNC(=O)[C@@H](C)OC(=O)[C@H](C)Oc2ccc(Cl)cc2)cc1. The monoisotopic (exact) mass is 391 g/mol. The number of amides is 1. The molecule has 0 aliphatic heterocycles. The average Bonchev–Trinajstić information content (AvgIpc) is 2.68. The second-order valence-corrected chi connectivity index (χ2v) is 6.30. The molecular formula is C20H22ClNO5. The van der Waals surface area contributed by atoms with Gasteiger partial charge in [-0.15, -0.1) is 0 Å². The van der Waals surface area contributed by atoms with E-state index in [4.69, 9.17) is 25.8 Å². The first kappa shape index (κ1) is 20.6. The summed E-state index contributed by atoms with van der Waals surface area (Å²) in [4.78, 5) is 24.2. The molecule has 2 rings (SSSR count). The van der Waals surface area contributed by atoms with Crippen molar-refractivity contribution in [3.8, 4) is 11.5 Å². The van der Waals surface area contributed by atoms with E-state index in [9.17, 15) is 9.59 Å². The summed E-state index contributed by atoms with van der Waals surface area (Å²) >= 11 is 5.81. The maximum Gasteiger partial charge on any atom is 0.347 e. The van der Waals surface area contributed by atoms with Gasteiger partial charge >= 0.3 is 5.97 Å². The van der Waals surface area contributed by atoms with Crippen molar-refractivity contribution in [3.05, 3.63) is 59.1 Å². The zero-order chi connectivity index (χ0) is 19.8. The maximum absolute atomic E-state index is 12.1. The molecule has 0 fully saturated rings. The molecule has 2 aromatic carbocycles. The molecule has 1 N–H and O–H groups in total. The van der Waals surface area contributed by atoms with Crippen molar-refractivity contribution >= 4 is 23.5 Å². The molecule has 2 atom stereocenters. The largest absolute Gasteiger partial charge is 0.497 e. The molecule has 0 aliphatic rings. The Labute approximate surface area is 163 Å². The lowest BCUT2D eigenvalue weighted by Gasteiger charge is -2.18. The number of nitrogens with one attached hydrogen (secondary N) is 1. The van der Waals surface area contributed by atoms with Crippen LogP contribution in [0.4, 0.5) is 0 Å². The Kier molecular flexibility index (Phi) is 7.49. The topological polar surface area (TPSA) is 73.9 Å². The van der Waals surface area contributed by atoms with Crippen LogP contribution in [-0.4, -0.2) is 31.2 Å².